The molecule has 1 fully saturated rings. The molecule has 1 saturated heterocycles. The van der Waals surface area contributed by atoms with Crippen LogP contribution in [0.15, 0.2) is 22.9 Å². The number of hydrogen-bond donors (Lipinski definition) is 0. The van der Waals surface area contributed by atoms with Crippen molar-refractivity contribution in [2.75, 3.05) is 25.1 Å². The Hall–Kier alpha value is -1.95. The number of anilines is 1. The van der Waals surface area contributed by atoms with Crippen molar-refractivity contribution in [1.29, 1.82) is 0 Å². The van der Waals surface area contributed by atoms with Crippen LogP contribution >= 0.6 is 0 Å². The van der Waals surface area contributed by atoms with E-state index in [1.54, 1.807) is 6.20 Å². The van der Waals surface area contributed by atoms with Gasteiger partial charge in [0.25, 0.3) is 5.89 Å². The number of nitrogens with zero attached hydrogens (tertiary/aromatic N) is 4. The Labute approximate surface area is 136 Å². The van der Waals surface area contributed by atoms with Crippen molar-refractivity contribution in [3.8, 4) is 11.5 Å². The van der Waals surface area contributed by atoms with E-state index >= 15 is 0 Å². The molecule has 1 atom stereocenters. The van der Waals surface area contributed by atoms with Gasteiger partial charge in [0.1, 0.15) is 5.82 Å². The largest absolute Gasteiger partial charge is 0.376 e. The molecular formula is C17H24N4O2. The van der Waals surface area contributed by atoms with Gasteiger partial charge in [-0.05, 0) is 31.4 Å². The van der Waals surface area contributed by atoms with Crippen molar-refractivity contribution >= 4 is 5.82 Å². The summed E-state index contributed by atoms with van der Waals surface area (Å²) in [5.41, 5.74) is 0.843. The van der Waals surface area contributed by atoms with Crippen molar-refractivity contribution in [3.63, 3.8) is 0 Å². The van der Waals surface area contributed by atoms with E-state index in [4.69, 9.17) is 9.26 Å². The maximum Gasteiger partial charge on any atom is 0.259 e. The molecule has 0 spiro atoms. The second-order valence-electron chi connectivity index (χ2n) is 6.39. The predicted molar refractivity (Wildman–Crippen MR) is 88.5 cm³/mol. The summed E-state index contributed by atoms with van der Waals surface area (Å²) in [5.74, 6) is 2.41. The number of likely N-dealkylation sites (N-methyl/N-ethyl adjacent to an activating group) is 1. The van der Waals surface area contributed by atoms with Gasteiger partial charge in [0.2, 0.25) is 0 Å². The zero-order chi connectivity index (χ0) is 16.2. The molecule has 0 bridgehead atoms. The third-order valence-electron chi connectivity index (χ3n) is 4.10. The molecule has 0 saturated carbocycles. The van der Waals surface area contributed by atoms with Crippen LogP contribution in [0.2, 0.25) is 0 Å². The molecule has 2 aromatic heterocycles. The summed E-state index contributed by atoms with van der Waals surface area (Å²) >= 11 is 0. The molecule has 124 valence electrons. The minimum atomic E-state index is 0.251. The number of aromatic nitrogens is 3. The minimum Gasteiger partial charge on any atom is -0.376 e. The van der Waals surface area contributed by atoms with E-state index in [0.29, 0.717) is 12.0 Å². The molecular weight excluding hydrogens is 292 g/mol. The van der Waals surface area contributed by atoms with Gasteiger partial charge in [-0.2, -0.15) is 4.98 Å². The van der Waals surface area contributed by atoms with Crippen LogP contribution in [0.1, 0.15) is 44.9 Å². The van der Waals surface area contributed by atoms with Crippen LogP contribution < -0.4 is 4.90 Å². The van der Waals surface area contributed by atoms with Gasteiger partial charge in [-0.25, -0.2) is 4.98 Å². The summed E-state index contributed by atoms with van der Waals surface area (Å²) in [4.78, 5) is 11.0. The van der Waals surface area contributed by atoms with Crippen molar-refractivity contribution in [1.82, 2.24) is 15.1 Å². The first-order valence-electron chi connectivity index (χ1n) is 8.26. The van der Waals surface area contributed by atoms with Crippen LogP contribution in [-0.4, -0.2) is 41.4 Å². The SMILES string of the molecule is CC(C)c1noc(-c2ccc(N(C)C[C@H]3CCCCO3)nc2)n1. The van der Waals surface area contributed by atoms with E-state index in [1.807, 2.05) is 33.0 Å². The van der Waals surface area contributed by atoms with E-state index < -0.39 is 0 Å². The third kappa shape index (κ3) is 3.88. The highest BCUT2D eigenvalue weighted by molar-refractivity contribution is 5.54. The summed E-state index contributed by atoms with van der Waals surface area (Å²) < 4.78 is 11.1. The van der Waals surface area contributed by atoms with Gasteiger partial charge in [-0.3, -0.25) is 0 Å². The van der Waals surface area contributed by atoms with Gasteiger partial charge < -0.3 is 14.2 Å². The maximum absolute atomic E-state index is 5.79. The number of rotatable bonds is 5. The maximum atomic E-state index is 5.79. The van der Waals surface area contributed by atoms with Gasteiger partial charge in [0, 0.05) is 32.3 Å². The molecule has 0 aromatic carbocycles. The lowest BCUT2D eigenvalue weighted by atomic mass is 10.1. The summed E-state index contributed by atoms with van der Waals surface area (Å²) in [6, 6.07) is 3.95. The van der Waals surface area contributed by atoms with Crippen molar-refractivity contribution in [2.45, 2.75) is 45.1 Å². The van der Waals surface area contributed by atoms with Crippen molar-refractivity contribution < 1.29 is 9.26 Å². The summed E-state index contributed by atoms with van der Waals surface area (Å²) in [5, 5.41) is 3.99. The smallest absolute Gasteiger partial charge is 0.259 e. The van der Waals surface area contributed by atoms with Gasteiger partial charge in [-0.15, -0.1) is 0 Å². The monoisotopic (exact) mass is 316 g/mol. The van der Waals surface area contributed by atoms with Gasteiger partial charge in [-0.1, -0.05) is 19.0 Å². The zero-order valence-electron chi connectivity index (χ0n) is 14.0. The second-order valence-corrected chi connectivity index (χ2v) is 6.39. The van der Waals surface area contributed by atoms with Gasteiger partial charge in [0.05, 0.1) is 11.7 Å². The number of ether oxygens (including phenoxy) is 1. The number of pyridine rings is 1. The van der Waals surface area contributed by atoms with Crippen LogP contribution in [0.5, 0.6) is 0 Å². The molecule has 0 amide bonds. The van der Waals surface area contributed by atoms with E-state index in [1.165, 1.54) is 12.8 Å². The second kappa shape index (κ2) is 7.08. The first-order chi connectivity index (χ1) is 11.1. The summed E-state index contributed by atoms with van der Waals surface area (Å²) in [6.45, 7) is 5.82. The fourth-order valence-corrected chi connectivity index (χ4v) is 2.68. The van der Waals surface area contributed by atoms with E-state index in [2.05, 4.69) is 20.0 Å². The summed E-state index contributed by atoms with van der Waals surface area (Å²) in [6.07, 6.45) is 5.64. The first kappa shape index (κ1) is 15.9. The lowest BCUT2D eigenvalue weighted by molar-refractivity contribution is 0.0215. The molecule has 0 radical (unpaired) electrons. The van der Waals surface area contributed by atoms with Crippen LogP contribution in [0.4, 0.5) is 5.82 Å². The Morgan fingerprint density at radius 2 is 2.17 bits per heavy atom. The standard InChI is InChI=1S/C17H24N4O2/c1-12(2)16-19-17(23-20-16)13-7-8-15(18-10-13)21(3)11-14-6-4-5-9-22-14/h7-8,10,12,14H,4-6,9,11H2,1-3H3/t14-/m1/s1. The third-order valence-corrected chi connectivity index (χ3v) is 4.10. The molecule has 3 heterocycles. The zero-order valence-corrected chi connectivity index (χ0v) is 14.0. The Kier molecular flexibility index (Phi) is 4.91. The van der Waals surface area contributed by atoms with Crippen LogP contribution in [-0.2, 0) is 4.74 Å². The molecule has 2 aromatic rings. The normalized spacial score (nSPS) is 18.3. The molecule has 6 heteroatoms. The van der Waals surface area contributed by atoms with E-state index in [0.717, 1.165) is 36.8 Å². The molecule has 23 heavy (non-hydrogen) atoms. The van der Waals surface area contributed by atoms with E-state index in [-0.39, 0.29) is 5.92 Å². The Morgan fingerprint density at radius 3 is 2.78 bits per heavy atom. The fraction of sp³-hybridized carbons (Fsp3) is 0.588. The first-order valence-corrected chi connectivity index (χ1v) is 8.26. The average Bonchev–Trinajstić information content (AvgIpc) is 3.06. The highest BCUT2D eigenvalue weighted by Gasteiger charge is 2.17. The van der Waals surface area contributed by atoms with Gasteiger partial charge in [0.15, 0.2) is 5.82 Å². The number of hydrogen-bond acceptors (Lipinski definition) is 6. The van der Waals surface area contributed by atoms with Crippen LogP contribution in [0, 0.1) is 0 Å². The van der Waals surface area contributed by atoms with E-state index in [9.17, 15) is 0 Å². The fourth-order valence-electron chi connectivity index (χ4n) is 2.68. The lowest BCUT2D eigenvalue weighted by Crippen LogP contribution is -2.33. The molecule has 0 aliphatic carbocycles. The Balaban J connectivity index is 1.65. The molecule has 1 aliphatic heterocycles. The Morgan fingerprint density at radius 1 is 1.30 bits per heavy atom. The van der Waals surface area contributed by atoms with Crippen molar-refractivity contribution in [3.05, 3.63) is 24.2 Å². The molecule has 0 N–H and O–H groups in total. The minimum absolute atomic E-state index is 0.251. The summed E-state index contributed by atoms with van der Waals surface area (Å²) in [7, 11) is 2.05. The average molecular weight is 316 g/mol. The Bertz CT molecular complexity index is 618. The highest BCUT2D eigenvalue weighted by Crippen LogP contribution is 2.22. The molecule has 3 rings (SSSR count). The molecule has 0 unspecified atom stereocenters. The van der Waals surface area contributed by atoms with Crippen molar-refractivity contribution in [2.24, 2.45) is 0 Å². The predicted octanol–water partition coefficient (Wildman–Crippen LogP) is 3.26. The quantitative estimate of drug-likeness (QED) is 0.843. The van der Waals surface area contributed by atoms with Crippen LogP contribution in [0.25, 0.3) is 11.5 Å². The topological polar surface area (TPSA) is 64.3 Å². The molecule has 1 aliphatic rings. The lowest BCUT2D eigenvalue weighted by Gasteiger charge is -2.28. The highest BCUT2D eigenvalue weighted by atomic mass is 16.5. The molecule has 6 nitrogen and oxygen atoms in total. The van der Waals surface area contributed by atoms with Crippen LogP contribution in [0.3, 0.4) is 0 Å². The van der Waals surface area contributed by atoms with Gasteiger partial charge >= 0.3 is 0 Å².